The van der Waals surface area contributed by atoms with Gasteiger partial charge in [0.2, 0.25) is 0 Å². The lowest BCUT2D eigenvalue weighted by atomic mass is 10.2. The van der Waals surface area contributed by atoms with Crippen LogP contribution in [-0.2, 0) is 4.74 Å². The van der Waals surface area contributed by atoms with Gasteiger partial charge in [-0.05, 0) is 20.4 Å². The van der Waals surface area contributed by atoms with E-state index in [0.717, 1.165) is 43.3 Å². The van der Waals surface area contributed by atoms with E-state index in [1.807, 2.05) is 6.92 Å². The van der Waals surface area contributed by atoms with Gasteiger partial charge < -0.3 is 20.3 Å². The molecule has 0 bridgehead atoms. The van der Waals surface area contributed by atoms with Crippen LogP contribution in [0.1, 0.15) is 29.8 Å². The molecule has 0 amide bonds. The summed E-state index contributed by atoms with van der Waals surface area (Å²) in [7, 11) is 0. The van der Waals surface area contributed by atoms with E-state index in [0.29, 0.717) is 17.2 Å². The number of hydrogen-bond acceptors (Lipinski definition) is 6. The normalized spacial score (nSPS) is 16.4. The fraction of sp³-hybridized carbons (Fsp3) is 0.643. The Labute approximate surface area is 124 Å². The fourth-order valence-electron chi connectivity index (χ4n) is 2.55. The summed E-state index contributed by atoms with van der Waals surface area (Å²) in [6, 6.07) is 0. The molecule has 1 aromatic heterocycles. The molecule has 2 rings (SSSR count). The molecule has 1 saturated heterocycles. The van der Waals surface area contributed by atoms with Gasteiger partial charge in [-0.1, -0.05) is 6.92 Å². The zero-order chi connectivity index (χ0) is 14.7. The molecule has 2 heterocycles. The number of nitrogens with two attached hydrogens (primary N) is 1. The molecule has 0 aliphatic carbocycles. The number of hydrogen-bond donors (Lipinski definition) is 1. The lowest BCUT2D eigenvalue weighted by molar-refractivity contribution is 0.0527. The summed E-state index contributed by atoms with van der Waals surface area (Å²) in [5, 5.41) is 1.68. The van der Waals surface area contributed by atoms with Crippen molar-refractivity contribution < 1.29 is 9.53 Å². The zero-order valence-electron chi connectivity index (χ0n) is 12.4. The van der Waals surface area contributed by atoms with Crippen molar-refractivity contribution >= 4 is 27.3 Å². The van der Waals surface area contributed by atoms with E-state index in [4.69, 9.17) is 10.5 Å². The Morgan fingerprint density at radius 3 is 2.50 bits per heavy atom. The van der Waals surface area contributed by atoms with Gasteiger partial charge in [-0.25, -0.2) is 4.79 Å². The van der Waals surface area contributed by atoms with Gasteiger partial charge in [0.25, 0.3) is 0 Å². The highest BCUT2D eigenvalue weighted by molar-refractivity contribution is 7.20. The summed E-state index contributed by atoms with van der Waals surface area (Å²) in [5.41, 5.74) is 7.51. The van der Waals surface area contributed by atoms with Crippen molar-refractivity contribution in [3.63, 3.8) is 0 Å². The molecule has 1 aliphatic rings. The number of nitrogens with zero attached hydrogens (tertiary/aromatic N) is 2. The van der Waals surface area contributed by atoms with Gasteiger partial charge in [0, 0.05) is 31.7 Å². The van der Waals surface area contributed by atoms with Crippen LogP contribution in [0.2, 0.25) is 0 Å². The van der Waals surface area contributed by atoms with Crippen LogP contribution in [0.5, 0.6) is 0 Å². The number of esters is 1. The predicted octanol–water partition coefficient (Wildman–Crippen LogP) is 1.96. The number of thiophene rings is 1. The first-order chi connectivity index (χ1) is 9.58. The van der Waals surface area contributed by atoms with Gasteiger partial charge in [0.05, 0.1) is 17.2 Å². The van der Waals surface area contributed by atoms with Gasteiger partial charge in [-0.15, -0.1) is 11.3 Å². The van der Waals surface area contributed by atoms with Crippen molar-refractivity contribution in [2.75, 3.05) is 50.0 Å². The van der Waals surface area contributed by atoms with E-state index in [1.165, 1.54) is 11.3 Å². The second-order valence-electron chi connectivity index (χ2n) is 4.91. The van der Waals surface area contributed by atoms with Gasteiger partial charge in [-0.2, -0.15) is 0 Å². The van der Waals surface area contributed by atoms with Crippen molar-refractivity contribution in [1.29, 1.82) is 0 Å². The van der Waals surface area contributed by atoms with Crippen LogP contribution >= 0.6 is 11.3 Å². The summed E-state index contributed by atoms with van der Waals surface area (Å²) in [5.74, 6) is -0.308. The van der Waals surface area contributed by atoms with E-state index < -0.39 is 0 Å². The lowest BCUT2D eigenvalue weighted by Crippen LogP contribution is -2.46. The number of ether oxygens (including phenoxy) is 1. The smallest absolute Gasteiger partial charge is 0.341 e. The van der Waals surface area contributed by atoms with Gasteiger partial charge in [0.1, 0.15) is 5.00 Å². The third-order valence-electron chi connectivity index (χ3n) is 3.74. The van der Waals surface area contributed by atoms with E-state index in [-0.39, 0.29) is 5.97 Å². The molecule has 1 fully saturated rings. The predicted molar refractivity (Wildman–Crippen MR) is 83.8 cm³/mol. The molecule has 0 radical (unpaired) electrons. The summed E-state index contributed by atoms with van der Waals surface area (Å²) < 4.78 is 5.09. The maximum atomic E-state index is 12.0. The van der Waals surface area contributed by atoms with Crippen molar-refractivity contribution in [3.05, 3.63) is 11.1 Å². The Hall–Kier alpha value is -1.27. The van der Waals surface area contributed by atoms with Crippen LogP contribution in [-0.4, -0.2) is 50.2 Å². The molecule has 0 spiro atoms. The van der Waals surface area contributed by atoms with Crippen LogP contribution in [0.15, 0.2) is 0 Å². The van der Waals surface area contributed by atoms with Crippen LogP contribution in [0.3, 0.4) is 0 Å². The molecule has 6 heteroatoms. The number of rotatable bonds is 4. The fourth-order valence-corrected chi connectivity index (χ4v) is 3.66. The molecule has 1 aromatic rings. The Morgan fingerprint density at radius 2 is 1.95 bits per heavy atom. The van der Waals surface area contributed by atoms with Gasteiger partial charge in [-0.3, -0.25) is 0 Å². The maximum Gasteiger partial charge on any atom is 0.341 e. The number of piperazine rings is 1. The summed E-state index contributed by atoms with van der Waals surface area (Å²) >= 11 is 1.49. The first-order valence-corrected chi connectivity index (χ1v) is 7.93. The molecular formula is C14H23N3O2S. The lowest BCUT2D eigenvalue weighted by Gasteiger charge is -2.35. The highest BCUT2D eigenvalue weighted by Gasteiger charge is 2.25. The largest absolute Gasteiger partial charge is 0.462 e. The molecule has 0 atom stereocenters. The summed E-state index contributed by atoms with van der Waals surface area (Å²) in [6.07, 6.45) is 0. The van der Waals surface area contributed by atoms with Crippen molar-refractivity contribution in [2.45, 2.75) is 20.8 Å². The zero-order valence-corrected chi connectivity index (χ0v) is 13.3. The molecule has 0 aromatic carbocycles. The highest BCUT2D eigenvalue weighted by atomic mass is 32.1. The van der Waals surface area contributed by atoms with Crippen molar-refractivity contribution in [1.82, 2.24) is 4.90 Å². The summed E-state index contributed by atoms with van der Waals surface area (Å²) in [4.78, 5) is 16.7. The van der Waals surface area contributed by atoms with Crippen LogP contribution in [0.4, 0.5) is 10.0 Å². The molecule has 112 valence electrons. The molecule has 1 aliphatic heterocycles. The Kier molecular flexibility index (Phi) is 4.88. The molecule has 2 N–H and O–H groups in total. The SMILES string of the molecule is CCOC(=O)c1c(N)sc(N2CCN(CC)CC2)c1C. The topological polar surface area (TPSA) is 58.8 Å². The molecule has 20 heavy (non-hydrogen) atoms. The Morgan fingerprint density at radius 1 is 1.30 bits per heavy atom. The molecule has 0 saturated carbocycles. The van der Waals surface area contributed by atoms with E-state index in [9.17, 15) is 4.79 Å². The summed E-state index contributed by atoms with van der Waals surface area (Å²) in [6.45, 7) is 11.5. The number of carbonyl (C=O) groups excluding carboxylic acids is 1. The third-order valence-corrected chi connectivity index (χ3v) is 4.92. The first-order valence-electron chi connectivity index (χ1n) is 7.11. The van der Waals surface area contributed by atoms with E-state index in [2.05, 4.69) is 16.7 Å². The van der Waals surface area contributed by atoms with Crippen molar-refractivity contribution in [2.24, 2.45) is 0 Å². The van der Waals surface area contributed by atoms with E-state index in [1.54, 1.807) is 6.92 Å². The minimum absolute atomic E-state index is 0.308. The number of likely N-dealkylation sites (N-methyl/N-ethyl adjacent to an activating group) is 1. The standard InChI is InChI=1S/C14H23N3O2S/c1-4-16-6-8-17(9-7-16)13-10(3)11(12(15)20-13)14(18)19-5-2/h4-9,15H2,1-3H3. The molecule has 5 nitrogen and oxygen atoms in total. The van der Waals surface area contributed by atoms with Gasteiger partial charge >= 0.3 is 5.97 Å². The molecule has 0 unspecified atom stereocenters. The average Bonchev–Trinajstić information content (AvgIpc) is 2.74. The number of carbonyl (C=O) groups is 1. The van der Waals surface area contributed by atoms with Gasteiger partial charge in [0.15, 0.2) is 0 Å². The Balaban J connectivity index is 2.18. The quantitative estimate of drug-likeness (QED) is 0.861. The average molecular weight is 297 g/mol. The Bertz CT molecular complexity index is 479. The number of anilines is 2. The third kappa shape index (κ3) is 2.91. The maximum absolute atomic E-state index is 12.0. The monoisotopic (exact) mass is 297 g/mol. The van der Waals surface area contributed by atoms with E-state index >= 15 is 0 Å². The van der Waals surface area contributed by atoms with Crippen molar-refractivity contribution in [3.8, 4) is 0 Å². The minimum atomic E-state index is -0.308. The van der Waals surface area contributed by atoms with Crippen LogP contribution in [0.25, 0.3) is 0 Å². The second-order valence-corrected chi connectivity index (χ2v) is 5.94. The highest BCUT2D eigenvalue weighted by Crippen LogP contribution is 2.38. The molecular weight excluding hydrogens is 274 g/mol. The number of nitrogen functional groups attached to an aromatic ring is 1. The minimum Gasteiger partial charge on any atom is -0.462 e. The first kappa shape index (κ1) is 15.1. The van der Waals surface area contributed by atoms with Crippen LogP contribution in [0, 0.1) is 6.92 Å². The van der Waals surface area contributed by atoms with Crippen LogP contribution < -0.4 is 10.6 Å². The second kappa shape index (κ2) is 6.45.